The van der Waals surface area contributed by atoms with Gasteiger partial charge in [0.25, 0.3) is 0 Å². The second-order valence-corrected chi connectivity index (χ2v) is 4.96. The van der Waals surface area contributed by atoms with Crippen LogP contribution in [0.4, 0.5) is 15.8 Å². The first-order valence-electron chi connectivity index (χ1n) is 5.33. The molecule has 0 atom stereocenters. The Labute approximate surface area is 125 Å². The summed E-state index contributed by atoms with van der Waals surface area (Å²) in [6.45, 7) is 0. The van der Waals surface area contributed by atoms with E-state index in [9.17, 15) is 4.39 Å². The Morgan fingerprint density at radius 3 is 2.32 bits per heavy atom. The fourth-order valence-corrected chi connectivity index (χ4v) is 1.98. The minimum absolute atomic E-state index is 0.264. The number of hydrogen-bond donors (Lipinski definition) is 2. The summed E-state index contributed by atoms with van der Waals surface area (Å²) in [5, 5.41) is 7.12. The van der Waals surface area contributed by atoms with E-state index in [0.29, 0.717) is 15.8 Å². The van der Waals surface area contributed by atoms with Crippen molar-refractivity contribution < 1.29 is 4.39 Å². The van der Waals surface area contributed by atoms with Crippen molar-refractivity contribution in [1.82, 2.24) is 0 Å². The zero-order valence-corrected chi connectivity index (χ0v) is 11.9. The lowest BCUT2D eigenvalue weighted by Gasteiger charge is -2.11. The van der Waals surface area contributed by atoms with Crippen molar-refractivity contribution in [3.05, 3.63) is 58.3 Å². The highest BCUT2D eigenvalue weighted by atomic mass is 35.5. The molecule has 0 aliphatic heterocycles. The topological polar surface area (TPSA) is 24.1 Å². The van der Waals surface area contributed by atoms with E-state index in [1.54, 1.807) is 24.3 Å². The van der Waals surface area contributed by atoms with Crippen molar-refractivity contribution in [2.24, 2.45) is 0 Å². The summed E-state index contributed by atoms with van der Waals surface area (Å²) < 4.78 is 12.9. The van der Waals surface area contributed by atoms with Crippen LogP contribution in [0.25, 0.3) is 0 Å². The minimum Gasteiger partial charge on any atom is -0.332 e. The molecule has 0 aliphatic rings. The van der Waals surface area contributed by atoms with Crippen molar-refractivity contribution in [1.29, 1.82) is 0 Å². The predicted octanol–water partition coefficient (Wildman–Crippen LogP) is 4.94. The lowest BCUT2D eigenvalue weighted by atomic mass is 10.3. The van der Waals surface area contributed by atoms with Crippen LogP contribution < -0.4 is 10.6 Å². The quantitative estimate of drug-likeness (QED) is 0.768. The maximum absolute atomic E-state index is 12.9. The summed E-state index contributed by atoms with van der Waals surface area (Å²) in [6, 6.07) is 11.1. The molecule has 0 aromatic heterocycles. The summed E-state index contributed by atoms with van der Waals surface area (Å²) in [7, 11) is 0. The van der Waals surface area contributed by atoms with Gasteiger partial charge in [0.1, 0.15) is 5.82 Å². The molecule has 0 amide bonds. The van der Waals surface area contributed by atoms with Crippen molar-refractivity contribution in [3.63, 3.8) is 0 Å². The summed E-state index contributed by atoms with van der Waals surface area (Å²) in [4.78, 5) is 0. The number of thiocarbonyl (C=S) groups is 1. The Morgan fingerprint density at radius 2 is 1.68 bits per heavy atom. The van der Waals surface area contributed by atoms with Gasteiger partial charge in [0.15, 0.2) is 5.11 Å². The monoisotopic (exact) mass is 314 g/mol. The van der Waals surface area contributed by atoms with Gasteiger partial charge in [0, 0.05) is 10.7 Å². The Kier molecular flexibility index (Phi) is 4.58. The number of nitrogens with one attached hydrogen (secondary N) is 2. The van der Waals surface area contributed by atoms with Crippen molar-refractivity contribution in [2.75, 3.05) is 10.6 Å². The molecule has 0 heterocycles. The summed E-state index contributed by atoms with van der Waals surface area (Å²) in [5.74, 6) is -0.396. The number of halogens is 3. The van der Waals surface area contributed by atoms with Crippen LogP contribution in [0.5, 0.6) is 0 Å². The van der Waals surface area contributed by atoms with Gasteiger partial charge in [0.05, 0.1) is 10.7 Å². The lowest BCUT2D eigenvalue weighted by Crippen LogP contribution is -2.19. The molecule has 0 aliphatic carbocycles. The van der Waals surface area contributed by atoms with E-state index in [1.165, 1.54) is 18.2 Å². The molecule has 0 unspecified atom stereocenters. The van der Waals surface area contributed by atoms with Crippen molar-refractivity contribution in [3.8, 4) is 0 Å². The van der Waals surface area contributed by atoms with E-state index >= 15 is 0 Å². The van der Waals surface area contributed by atoms with Crippen LogP contribution in [0.15, 0.2) is 42.5 Å². The molecule has 0 bridgehead atoms. The normalized spacial score (nSPS) is 10.1. The smallest absolute Gasteiger partial charge is 0.175 e. The van der Waals surface area contributed by atoms with Crippen LogP contribution in [0.2, 0.25) is 10.0 Å². The van der Waals surface area contributed by atoms with Crippen LogP contribution in [0.3, 0.4) is 0 Å². The molecule has 2 N–H and O–H groups in total. The summed E-state index contributed by atoms with van der Waals surface area (Å²) in [5.41, 5.74) is 1.33. The Morgan fingerprint density at radius 1 is 1.00 bits per heavy atom. The van der Waals surface area contributed by atoms with Gasteiger partial charge < -0.3 is 10.6 Å². The Balaban J connectivity index is 2.03. The molecule has 0 spiro atoms. The zero-order valence-electron chi connectivity index (χ0n) is 9.58. The molecule has 0 saturated heterocycles. The van der Waals surface area contributed by atoms with Gasteiger partial charge >= 0.3 is 0 Å². The first kappa shape index (κ1) is 14.1. The molecular formula is C13H9Cl2FN2S. The largest absolute Gasteiger partial charge is 0.332 e. The maximum atomic E-state index is 12.9. The van der Waals surface area contributed by atoms with Crippen LogP contribution in [0.1, 0.15) is 0 Å². The van der Waals surface area contributed by atoms with Gasteiger partial charge in [-0.15, -0.1) is 0 Å². The van der Waals surface area contributed by atoms with Crippen LogP contribution in [-0.2, 0) is 0 Å². The van der Waals surface area contributed by atoms with E-state index in [0.717, 1.165) is 5.69 Å². The third kappa shape index (κ3) is 4.06. The maximum Gasteiger partial charge on any atom is 0.175 e. The van der Waals surface area contributed by atoms with Crippen molar-refractivity contribution in [2.45, 2.75) is 0 Å². The molecule has 2 nitrogen and oxygen atoms in total. The van der Waals surface area contributed by atoms with Crippen molar-refractivity contribution >= 4 is 51.9 Å². The highest BCUT2D eigenvalue weighted by molar-refractivity contribution is 7.80. The van der Waals surface area contributed by atoms with Gasteiger partial charge in [-0.25, -0.2) is 4.39 Å². The molecule has 2 aromatic carbocycles. The first-order valence-corrected chi connectivity index (χ1v) is 6.49. The Hall–Kier alpha value is -1.36. The van der Waals surface area contributed by atoms with E-state index in [1.807, 2.05) is 0 Å². The van der Waals surface area contributed by atoms with E-state index < -0.39 is 5.82 Å². The van der Waals surface area contributed by atoms with Gasteiger partial charge in [-0.2, -0.15) is 0 Å². The lowest BCUT2D eigenvalue weighted by molar-refractivity contribution is 0.628. The summed E-state index contributed by atoms with van der Waals surface area (Å²) >= 11 is 16.8. The molecular weight excluding hydrogens is 306 g/mol. The zero-order chi connectivity index (χ0) is 13.8. The molecule has 2 rings (SSSR count). The van der Waals surface area contributed by atoms with Gasteiger partial charge in [-0.05, 0) is 54.7 Å². The highest BCUT2D eigenvalue weighted by Crippen LogP contribution is 2.22. The fourth-order valence-electron chi connectivity index (χ4n) is 1.41. The molecule has 2 aromatic rings. The molecule has 6 heteroatoms. The molecule has 0 radical (unpaired) electrons. The average Bonchev–Trinajstić information content (AvgIpc) is 2.36. The second-order valence-electron chi connectivity index (χ2n) is 3.71. The number of hydrogen-bond acceptors (Lipinski definition) is 1. The second kappa shape index (κ2) is 6.19. The van der Waals surface area contributed by atoms with Crippen LogP contribution in [-0.4, -0.2) is 5.11 Å². The Bertz CT molecular complexity index is 602. The molecule has 19 heavy (non-hydrogen) atoms. The van der Waals surface area contributed by atoms with Gasteiger partial charge in [-0.1, -0.05) is 23.2 Å². The molecule has 98 valence electrons. The number of rotatable bonds is 2. The van der Waals surface area contributed by atoms with E-state index in [4.69, 9.17) is 35.4 Å². The molecule has 0 saturated carbocycles. The van der Waals surface area contributed by atoms with E-state index in [2.05, 4.69) is 10.6 Å². The minimum atomic E-state index is -0.396. The van der Waals surface area contributed by atoms with Gasteiger partial charge in [-0.3, -0.25) is 0 Å². The third-order valence-corrected chi connectivity index (χ3v) is 3.05. The van der Waals surface area contributed by atoms with Gasteiger partial charge in [0.2, 0.25) is 0 Å². The highest BCUT2D eigenvalue weighted by Gasteiger charge is 2.04. The first-order chi connectivity index (χ1) is 9.04. The number of anilines is 2. The predicted molar refractivity (Wildman–Crippen MR) is 82.7 cm³/mol. The van der Waals surface area contributed by atoms with Crippen LogP contribution >= 0.6 is 35.4 Å². The third-order valence-electron chi connectivity index (χ3n) is 2.28. The SMILES string of the molecule is Fc1ccc(NC(=S)Nc2ccc(Cl)cc2)c(Cl)c1. The van der Waals surface area contributed by atoms with E-state index in [-0.39, 0.29) is 5.02 Å². The fraction of sp³-hybridized carbons (Fsp3) is 0. The summed E-state index contributed by atoms with van der Waals surface area (Å²) in [6.07, 6.45) is 0. The average molecular weight is 315 g/mol. The standard InChI is InChI=1S/C13H9Cl2FN2S/c14-8-1-4-10(5-2-8)17-13(19)18-12-6-3-9(16)7-11(12)15/h1-7H,(H2,17,18,19). The number of benzene rings is 2. The molecule has 0 fully saturated rings. The van der Waals surface area contributed by atoms with Crippen LogP contribution in [0, 0.1) is 5.82 Å².